The van der Waals surface area contributed by atoms with E-state index in [4.69, 9.17) is 0 Å². The Morgan fingerprint density at radius 1 is 1.53 bits per heavy atom. The smallest absolute Gasteiger partial charge is 0.156 e. The molecule has 2 aromatic rings. The van der Waals surface area contributed by atoms with Crippen LogP contribution >= 0.6 is 30.3 Å². The number of anilines is 1. The normalized spacial score (nSPS) is 12.9. The van der Waals surface area contributed by atoms with Crippen LogP contribution in [0.2, 0.25) is 0 Å². The monoisotopic (exact) mass is 362 g/mol. The van der Waals surface area contributed by atoms with Crippen molar-refractivity contribution in [3.8, 4) is 0 Å². The quantitative estimate of drug-likeness (QED) is 0.780. The highest BCUT2D eigenvalue weighted by Gasteiger charge is 2.15. The van der Waals surface area contributed by atoms with Crippen LogP contribution in [0.5, 0.6) is 0 Å². The molecule has 0 aliphatic heterocycles. The molecule has 0 saturated carbocycles. The van der Waals surface area contributed by atoms with Crippen LogP contribution in [-0.2, 0) is 0 Å². The van der Waals surface area contributed by atoms with Crippen molar-refractivity contribution >= 4 is 47.2 Å². The van der Waals surface area contributed by atoms with Gasteiger partial charge < -0.3 is 4.90 Å². The lowest BCUT2D eigenvalue weighted by atomic mass is 10.2. The molecule has 4 nitrogen and oxygen atoms in total. The Labute approximate surface area is 118 Å². The molecule has 0 aliphatic rings. The maximum atomic E-state index is 4.41. The van der Waals surface area contributed by atoms with Crippen LogP contribution in [0.15, 0.2) is 18.6 Å². The standard InChI is InChI=1S/C11H15IN4S/c1-4-8(2)15(3)10-9-5-6-16(17-12)11(9)14-7-13-10/h5-8H,4H2,1-3H3. The highest BCUT2D eigenvalue weighted by Crippen LogP contribution is 2.28. The second-order valence-electron chi connectivity index (χ2n) is 4.01. The van der Waals surface area contributed by atoms with Crippen LogP contribution in [0.3, 0.4) is 0 Å². The summed E-state index contributed by atoms with van der Waals surface area (Å²) in [5, 5.41) is 1.11. The van der Waals surface area contributed by atoms with E-state index in [-0.39, 0.29) is 0 Å². The predicted octanol–water partition coefficient (Wildman–Crippen LogP) is 3.51. The van der Waals surface area contributed by atoms with Gasteiger partial charge >= 0.3 is 0 Å². The van der Waals surface area contributed by atoms with E-state index in [1.165, 1.54) is 0 Å². The Morgan fingerprint density at radius 2 is 2.29 bits per heavy atom. The Morgan fingerprint density at radius 3 is 2.94 bits per heavy atom. The minimum atomic E-state index is 0.476. The zero-order valence-corrected chi connectivity index (χ0v) is 13.1. The average Bonchev–Trinajstić information content (AvgIpc) is 2.79. The average molecular weight is 362 g/mol. The first-order valence-corrected chi connectivity index (χ1v) is 8.84. The van der Waals surface area contributed by atoms with Gasteiger partial charge in [0.2, 0.25) is 0 Å². The molecule has 1 unspecified atom stereocenters. The highest BCUT2D eigenvalue weighted by molar-refractivity contribution is 14.2. The van der Waals surface area contributed by atoms with Crippen molar-refractivity contribution in [3.63, 3.8) is 0 Å². The third kappa shape index (κ3) is 2.37. The van der Waals surface area contributed by atoms with E-state index in [1.807, 2.05) is 10.2 Å². The van der Waals surface area contributed by atoms with Crippen molar-refractivity contribution in [3.05, 3.63) is 18.6 Å². The van der Waals surface area contributed by atoms with Crippen molar-refractivity contribution in [2.75, 3.05) is 11.9 Å². The van der Waals surface area contributed by atoms with Crippen molar-refractivity contribution in [1.82, 2.24) is 13.9 Å². The molecule has 1 atom stereocenters. The van der Waals surface area contributed by atoms with Gasteiger partial charge in [-0.2, -0.15) is 0 Å². The fraction of sp³-hybridized carbons (Fsp3) is 0.455. The molecule has 0 saturated heterocycles. The Kier molecular flexibility index (Phi) is 4.13. The number of hydrogen-bond acceptors (Lipinski definition) is 4. The molecule has 2 rings (SSSR count). The van der Waals surface area contributed by atoms with Gasteiger partial charge in [-0.15, -0.1) is 0 Å². The number of halogens is 1. The summed E-state index contributed by atoms with van der Waals surface area (Å²) >= 11 is 2.25. The fourth-order valence-electron chi connectivity index (χ4n) is 1.73. The van der Waals surface area contributed by atoms with E-state index < -0.39 is 0 Å². The first-order valence-electron chi connectivity index (χ1n) is 5.53. The minimum absolute atomic E-state index is 0.476. The molecule has 0 radical (unpaired) electrons. The van der Waals surface area contributed by atoms with Gasteiger partial charge in [-0.25, -0.2) is 9.97 Å². The van der Waals surface area contributed by atoms with E-state index in [2.05, 4.69) is 63.0 Å². The van der Waals surface area contributed by atoms with Crippen LogP contribution < -0.4 is 4.90 Å². The molecule has 0 bridgehead atoms. The van der Waals surface area contributed by atoms with Gasteiger partial charge in [0, 0.05) is 49.6 Å². The summed E-state index contributed by atoms with van der Waals surface area (Å²) in [6.07, 6.45) is 4.77. The summed E-state index contributed by atoms with van der Waals surface area (Å²) in [6, 6.07) is 2.55. The van der Waals surface area contributed by atoms with E-state index in [9.17, 15) is 0 Å². The predicted molar refractivity (Wildman–Crippen MR) is 82.7 cm³/mol. The van der Waals surface area contributed by atoms with Gasteiger partial charge in [-0.3, -0.25) is 3.97 Å². The number of hydrogen-bond donors (Lipinski definition) is 0. The topological polar surface area (TPSA) is 34.0 Å². The van der Waals surface area contributed by atoms with E-state index in [0.717, 1.165) is 23.3 Å². The van der Waals surface area contributed by atoms with E-state index >= 15 is 0 Å². The number of nitrogens with zero attached hydrogens (tertiary/aromatic N) is 4. The van der Waals surface area contributed by atoms with Crippen molar-refractivity contribution < 1.29 is 0 Å². The molecule has 17 heavy (non-hydrogen) atoms. The molecule has 92 valence electrons. The largest absolute Gasteiger partial charge is 0.356 e. The van der Waals surface area contributed by atoms with Gasteiger partial charge in [0.1, 0.15) is 12.1 Å². The number of fused-ring (bicyclic) bond motifs is 1. The third-order valence-electron chi connectivity index (χ3n) is 3.09. The molecular weight excluding hydrogens is 347 g/mol. The lowest BCUT2D eigenvalue weighted by molar-refractivity contribution is 0.658. The fourth-order valence-corrected chi connectivity index (χ4v) is 3.01. The summed E-state index contributed by atoms with van der Waals surface area (Å²) in [6.45, 7) is 4.39. The van der Waals surface area contributed by atoms with Crippen LogP contribution in [0.25, 0.3) is 11.0 Å². The van der Waals surface area contributed by atoms with Crippen LogP contribution in [0.4, 0.5) is 5.82 Å². The lowest BCUT2D eigenvalue weighted by Gasteiger charge is -2.25. The first-order chi connectivity index (χ1) is 8.19. The number of aromatic nitrogens is 3. The SMILES string of the molecule is CCC(C)N(C)c1ncnc2c1ccn2SI. The summed E-state index contributed by atoms with van der Waals surface area (Å²) in [5.74, 6) is 1.01. The molecule has 6 heteroatoms. The molecule has 2 heterocycles. The zero-order valence-electron chi connectivity index (χ0n) is 10.1. The second-order valence-corrected chi connectivity index (χ2v) is 5.73. The number of rotatable bonds is 4. The molecule has 0 N–H and O–H groups in total. The Hall–Kier alpha value is -0.500. The summed E-state index contributed by atoms with van der Waals surface area (Å²) in [5.41, 5.74) is 0.976. The van der Waals surface area contributed by atoms with Crippen LogP contribution in [0.1, 0.15) is 20.3 Å². The maximum absolute atomic E-state index is 4.41. The molecule has 2 aromatic heterocycles. The summed E-state index contributed by atoms with van der Waals surface area (Å²) in [7, 11) is 3.71. The van der Waals surface area contributed by atoms with E-state index in [1.54, 1.807) is 15.4 Å². The maximum Gasteiger partial charge on any atom is 0.156 e. The van der Waals surface area contributed by atoms with Crippen LogP contribution in [-0.4, -0.2) is 27.0 Å². The van der Waals surface area contributed by atoms with Gasteiger partial charge in [0.15, 0.2) is 5.65 Å². The second kappa shape index (κ2) is 5.43. The van der Waals surface area contributed by atoms with E-state index in [0.29, 0.717) is 6.04 Å². The molecule has 0 aromatic carbocycles. The summed E-state index contributed by atoms with van der Waals surface area (Å²) < 4.78 is 2.05. The zero-order chi connectivity index (χ0) is 12.4. The first kappa shape index (κ1) is 12.9. The highest BCUT2D eigenvalue weighted by atomic mass is 127. The van der Waals surface area contributed by atoms with Crippen molar-refractivity contribution in [2.24, 2.45) is 0 Å². The van der Waals surface area contributed by atoms with Crippen LogP contribution in [0, 0.1) is 0 Å². The Balaban J connectivity index is 2.51. The molecule has 0 fully saturated rings. The Bertz CT molecular complexity index is 513. The van der Waals surface area contributed by atoms with Crippen molar-refractivity contribution in [1.29, 1.82) is 0 Å². The molecular formula is C11H15IN4S. The summed E-state index contributed by atoms with van der Waals surface area (Å²) in [4.78, 5) is 11.0. The van der Waals surface area contributed by atoms with Gasteiger partial charge in [-0.1, -0.05) is 6.92 Å². The minimum Gasteiger partial charge on any atom is -0.356 e. The molecule has 0 aliphatic carbocycles. The van der Waals surface area contributed by atoms with Crippen molar-refractivity contribution in [2.45, 2.75) is 26.3 Å². The lowest BCUT2D eigenvalue weighted by Crippen LogP contribution is -2.28. The molecule has 0 amide bonds. The van der Waals surface area contributed by atoms with Gasteiger partial charge in [0.25, 0.3) is 0 Å². The van der Waals surface area contributed by atoms with Gasteiger partial charge in [-0.05, 0) is 19.4 Å². The third-order valence-corrected chi connectivity index (χ3v) is 4.80. The van der Waals surface area contributed by atoms with Gasteiger partial charge in [0.05, 0.1) is 5.39 Å². The molecule has 0 spiro atoms.